The highest BCUT2D eigenvalue weighted by atomic mass is 16.5. The predicted octanol–water partition coefficient (Wildman–Crippen LogP) is 0.754. The van der Waals surface area contributed by atoms with E-state index in [0.29, 0.717) is 11.5 Å². The van der Waals surface area contributed by atoms with E-state index in [1.165, 1.54) is 0 Å². The Hall–Kier alpha value is -0.870. The highest BCUT2D eigenvalue weighted by Crippen LogP contribution is 2.22. The fourth-order valence-corrected chi connectivity index (χ4v) is 0.896. The van der Waals surface area contributed by atoms with Gasteiger partial charge in [-0.3, -0.25) is 0 Å². The zero-order chi connectivity index (χ0) is 9.35. The number of aliphatic hydroxyl groups is 1. The molecule has 1 aromatic rings. The van der Waals surface area contributed by atoms with E-state index in [4.69, 9.17) is 10.3 Å². The van der Waals surface area contributed by atoms with E-state index in [-0.39, 0.29) is 0 Å². The number of hydrogen-bond acceptors (Lipinski definition) is 4. The number of rotatable bonds is 2. The number of aromatic nitrogens is 1. The average Bonchev–Trinajstić information content (AvgIpc) is 2.32. The lowest BCUT2D eigenvalue weighted by Gasteiger charge is -2.23. The molecule has 68 valence electrons. The van der Waals surface area contributed by atoms with Crippen LogP contribution < -0.4 is 5.73 Å². The lowest BCUT2D eigenvalue weighted by Crippen LogP contribution is -2.39. The summed E-state index contributed by atoms with van der Waals surface area (Å²) >= 11 is 0. The van der Waals surface area contributed by atoms with Crippen LogP contribution in [0.2, 0.25) is 0 Å². The maximum absolute atomic E-state index is 9.62. The molecule has 1 unspecified atom stereocenters. The van der Waals surface area contributed by atoms with Gasteiger partial charge < -0.3 is 15.4 Å². The standard InChI is InChI=1S/C8H14N2O2/c1-5-4-6(10-12-5)7(11)8(2,3)9/h4,7,11H,9H2,1-3H3. The molecule has 0 fully saturated rings. The van der Waals surface area contributed by atoms with Crippen molar-refractivity contribution in [2.45, 2.75) is 32.4 Å². The second kappa shape index (κ2) is 2.88. The number of nitrogens with zero attached hydrogens (tertiary/aromatic N) is 1. The molecular formula is C8H14N2O2. The number of hydrogen-bond donors (Lipinski definition) is 2. The Bertz CT molecular complexity index is 262. The molecule has 1 atom stereocenters. The smallest absolute Gasteiger partial charge is 0.134 e. The lowest BCUT2D eigenvalue weighted by atomic mass is 9.96. The molecule has 3 N–H and O–H groups in total. The third-order valence-corrected chi connectivity index (χ3v) is 1.63. The van der Waals surface area contributed by atoms with E-state index in [1.807, 2.05) is 0 Å². The molecule has 0 amide bonds. The Balaban J connectivity index is 2.85. The fourth-order valence-electron chi connectivity index (χ4n) is 0.896. The van der Waals surface area contributed by atoms with Crippen LogP contribution in [0, 0.1) is 6.92 Å². The van der Waals surface area contributed by atoms with Crippen molar-refractivity contribution in [2.75, 3.05) is 0 Å². The highest BCUT2D eigenvalue weighted by molar-refractivity contribution is 5.10. The SMILES string of the molecule is Cc1cc(C(O)C(C)(C)N)no1. The Morgan fingerprint density at radius 1 is 1.67 bits per heavy atom. The van der Waals surface area contributed by atoms with Crippen LogP contribution in [0.1, 0.15) is 31.4 Å². The number of aliphatic hydroxyl groups excluding tert-OH is 1. The van der Waals surface area contributed by atoms with Crippen LogP contribution in [0.4, 0.5) is 0 Å². The molecule has 0 aliphatic heterocycles. The molecule has 0 aliphatic rings. The molecule has 1 heterocycles. The highest BCUT2D eigenvalue weighted by Gasteiger charge is 2.26. The third-order valence-electron chi connectivity index (χ3n) is 1.63. The van der Waals surface area contributed by atoms with E-state index in [9.17, 15) is 5.11 Å². The molecule has 0 saturated heterocycles. The van der Waals surface area contributed by atoms with Gasteiger partial charge in [0.05, 0.1) is 0 Å². The first-order chi connectivity index (χ1) is 5.41. The Morgan fingerprint density at radius 2 is 2.25 bits per heavy atom. The predicted molar refractivity (Wildman–Crippen MR) is 44.5 cm³/mol. The summed E-state index contributed by atoms with van der Waals surface area (Å²) in [7, 11) is 0. The second-order valence-corrected chi connectivity index (χ2v) is 3.59. The molecule has 1 rings (SSSR count). The van der Waals surface area contributed by atoms with Gasteiger partial charge in [0, 0.05) is 11.6 Å². The first kappa shape index (κ1) is 9.22. The maximum atomic E-state index is 9.62. The first-order valence-corrected chi connectivity index (χ1v) is 3.81. The van der Waals surface area contributed by atoms with Gasteiger partial charge in [-0.1, -0.05) is 5.16 Å². The van der Waals surface area contributed by atoms with E-state index >= 15 is 0 Å². The van der Waals surface area contributed by atoms with Gasteiger partial charge in [-0.25, -0.2) is 0 Å². The van der Waals surface area contributed by atoms with Gasteiger partial charge in [-0.15, -0.1) is 0 Å². The van der Waals surface area contributed by atoms with E-state index in [2.05, 4.69) is 5.16 Å². The summed E-state index contributed by atoms with van der Waals surface area (Å²) in [4.78, 5) is 0. The minimum Gasteiger partial charge on any atom is -0.385 e. The summed E-state index contributed by atoms with van der Waals surface area (Å²) in [5.74, 6) is 0.674. The topological polar surface area (TPSA) is 72.3 Å². The van der Waals surface area contributed by atoms with Crippen LogP contribution in [0.3, 0.4) is 0 Å². The van der Waals surface area contributed by atoms with Crippen molar-refractivity contribution in [1.29, 1.82) is 0 Å². The normalized spacial score (nSPS) is 14.8. The molecule has 12 heavy (non-hydrogen) atoms. The average molecular weight is 170 g/mol. The molecule has 0 saturated carbocycles. The first-order valence-electron chi connectivity index (χ1n) is 3.81. The van der Waals surface area contributed by atoms with Gasteiger partial charge in [0.2, 0.25) is 0 Å². The zero-order valence-corrected chi connectivity index (χ0v) is 7.53. The van der Waals surface area contributed by atoms with Crippen LogP contribution in [0.5, 0.6) is 0 Å². The summed E-state index contributed by atoms with van der Waals surface area (Å²) < 4.78 is 4.82. The van der Waals surface area contributed by atoms with Gasteiger partial charge in [-0.2, -0.15) is 0 Å². The van der Waals surface area contributed by atoms with Gasteiger partial charge in [0.15, 0.2) is 0 Å². The van der Waals surface area contributed by atoms with Crippen LogP contribution in [0.25, 0.3) is 0 Å². The van der Waals surface area contributed by atoms with Gasteiger partial charge in [0.1, 0.15) is 17.6 Å². The largest absolute Gasteiger partial charge is 0.385 e. The van der Waals surface area contributed by atoms with Crippen LogP contribution in [0.15, 0.2) is 10.6 Å². The quantitative estimate of drug-likeness (QED) is 0.687. The van der Waals surface area contributed by atoms with Crippen molar-refractivity contribution in [3.05, 3.63) is 17.5 Å². The second-order valence-electron chi connectivity index (χ2n) is 3.59. The summed E-state index contributed by atoms with van der Waals surface area (Å²) in [6.45, 7) is 5.25. The zero-order valence-electron chi connectivity index (χ0n) is 7.53. The summed E-state index contributed by atoms with van der Waals surface area (Å²) in [5.41, 5.74) is 5.48. The third kappa shape index (κ3) is 1.84. The lowest BCUT2D eigenvalue weighted by molar-refractivity contribution is 0.0967. The molecule has 1 aromatic heterocycles. The summed E-state index contributed by atoms with van der Waals surface area (Å²) in [6, 6.07) is 1.68. The molecular weight excluding hydrogens is 156 g/mol. The Kier molecular flexibility index (Phi) is 2.21. The van der Waals surface area contributed by atoms with Crippen molar-refractivity contribution < 1.29 is 9.63 Å². The molecule has 0 spiro atoms. The maximum Gasteiger partial charge on any atom is 0.134 e. The van der Waals surface area contributed by atoms with Crippen LogP contribution in [-0.4, -0.2) is 15.8 Å². The fraction of sp³-hybridized carbons (Fsp3) is 0.625. The molecule has 0 aromatic carbocycles. The van der Waals surface area contributed by atoms with Crippen molar-refractivity contribution in [3.8, 4) is 0 Å². The van der Waals surface area contributed by atoms with Gasteiger partial charge >= 0.3 is 0 Å². The molecule has 0 bridgehead atoms. The Labute approximate surface area is 71.4 Å². The number of aryl methyl sites for hydroxylation is 1. The number of nitrogens with two attached hydrogens (primary N) is 1. The van der Waals surface area contributed by atoms with Crippen molar-refractivity contribution >= 4 is 0 Å². The van der Waals surface area contributed by atoms with Crippen LogP contribution in [-0.2, 0) is 0 Å². The van der Waals surface area contributed by atoms with Crippen molar-refractivity contribution in [1.82, 2.24) is 5.16 Å². The van der Waals surface area contributed by atoms with Crippen molar-refractivity contribution in [2.24, 2.45) is 5.73 Å². The van der Waals surface area contributed by atoms with Gasteiger partial charge in [0.25, 0.3) is 0 Å². The van der Waals surface area contributed by atoms with Crippen LogP contribution >= 0.6 is 0 Å². The van der Waals surface area contributed by atoms with Crippen molar-refractivity contribution in [3.63, 3.8) is 0 Å². The van der Waals surface area contributed by atoms with E-state index in [0.717, 1.165) is 0 Å². The monoisotopic (exact) mass is 170 g/mol. The minimum absolute atomic E-state index is 0.486. The molecule has 4 nitrogen and oxygen atoms in total. The molecule has 0 radical (unpaired) electrons. The van der Waals surface area contributed by atoms with E-state index < -0.39 is 11.6 Å². The van der Waals surface area contributed by atoms with E-state index in [1.54, 1.807) is 26.8 Å². The summed E-state index contributed by atoms with van der Waals surface area (Å²) in [5, 5.41) is 13.3. The van der Waals surface area contributed by atoms with Gasteiger partial charge in [-0.05, 0) is 20.8 Å². The Morgan fingerprint density at radius 3 is 2.58 bits per heavy atom. The molecule has 0 aliphatic carbocycles. The summed E-state index contributed by atoms with van der Waals surface area (Å²) in [6.07, 6.45) is -0.782. The minimum atomic E-state index is -0.782. The molecule has 4 heteroatoms.